The second-order valence-electron chi connectivity index (χ2n) is 6.90. The second-order valence-corrected chi connectivity index (χ2v) is 6.90. The normalized spacial score (nSPS) is 35.4. The van der Waals surface area contributed by atoms with Gasteiger partial charge in [0.2, 0.25) is 0 Å². The maximum atomic E-state index is 11.8. The van der Waals surface area contributed by atoms with Gasteiger partial charge in [-0.15, -0.1) is 0 Å². The van der Waals surface area contributed by atoms with E-state index in [2.05, 4.69) is 5.32 Å². The summed E-state index contributed by atoms with van der Waals surface area (Å²) in [7, 11) is 1.39. The summed E-state index contributed by atoms with van der Waals surface area (Å²) in [5.74, 6) is 3.24. The van der Waals surface area contributed by atoms with Crippen LogP contribution in [0, 0.1) is 30.6 Å². The van der Waals surface area contributed by atoms with E-state index in [0.29, 0.717) is 17.3 Å². The number of hydrogen-bond acceptors (Lipinski definition) is 4. The molecule has 4 atom stereocenters. The third kappa shape index (κ3) is 1.84. The highest BCUT2D eigenvalue weighted by Gasteiger charge is 2.64. The first kappa shape index (κ1) is 13.0. The molecule has 3 saturated carbocycles. The first-order valence-corrected chi connectivity index (χ1v) is 7.85. The summed E-state index contributed by atoms with van der Waals surface area (Å²) in [5.41, 5.74) is 8.90. The molecule has 4 nitrogen and oxygen atoms in total. The molecule has 4 heteroatoms. The van der Waals surface area contributed by atoms with Crippen LogP contribution in [-0.4, -0.2) is 19.1 Å². The highest BCUT2D eigenvalue weighted by atomic mass is 16.5. The monoisotopic (exact) mass is 286 g/mol. The van der Waals surface area contributed by atoms with E-state index in [4.69, 9.17) is 10.5 Å². The SMILES string of the molecule is COC(=O)c1cc(NC2C3C4CCC(C4)C23)cc(C)c1N. The number of rotatable bonds is 3. The molecular weight excluding hydrogens is 264 g/mol. The first-order chi connectivity index (χ1) is 10.1. The van der Waals surface area contributed by atoms with Crippen molar-refractivity contribution in [1.29, 1.82) is 0 Å². The van der Waals surface area contributed by atoms with Crippen molar-refractivity contribution in [2.75, 3.05) is 18.2 Å². The van der Waals surface area contributed by atoms with Crippen LogP contribution in [0.15, 0.2) is 12.1 Å². The highest BCUT2D eigenvalue weighted by Crippen LogP contribution is 2.66. The van der Waals surface area contributed by atoms with Crippen molar-refractivity contribution in [3.05, 3.63) is 23.3 Å². The predicted octanol–water partition coefficient (Wildman–Crippen LogP) is 2.82. The molecule has 4 rings (SSSR count). The molecule has 0 radical (unpaired) electrons. The zero-order chi connectivity index (χ0) is 14.7. The van der Waals surface area contributed by atoms with Gasteiger partial charge >= 0.3 is 5.97 Å². The van der Waals surface area contributed by atoms with Crippen LogP contribution in [-0.2, 0) is 4.74 Å². The Labute approximate surface area is 125 Å². The van der Waals surface area contributed by atoms with Crippen LogP contribution in [0.2, 0.25) is 0 Å². The molecular formula is C17H22N2O2. The molecule has 3 aliphatic carbocycles. The number of fused-ring (bicyclic) bond motifs is 5. The Morgan fingerprint density at radius 3 is 2.57 bits per heavy atom. The minimum absolute atomic E-state index is 0.365. The number of hydrogen-bond donors (Lipinski definition) is 2. The molecule has 1 aromatic carbocycles. The quantitative estimate of drug-likeness (QED) is 0.662. The Balaban J connectivity index is 1.56. The Bertz CT molecular complexity index is 597. The predicted molar refractivity (Wildman–Crippen MR) is 82.2 cm³/mol. The van der Waals surface area contributed by atoms with Gasteiger partial charge in [-0.3, -0.25) is 0 Å². The summed E-state index contributed by atoms with van der Waals surface area (Å²) in [6.45, 7) is 1.93. The Morgan fingerprint density at radius 2 is 1.95 bits per heavy atom. The van der Waals surface area contributed by atoms with Gasteiger partial charge in [0.15, 0.2) is 0 Å². The average Bonchev–Trinajstić information content (AvgIpc) is 2.85. The molecule has 0 heterocycles. The number of aryl methyl sites for hydroxylation is 1. The number of esters is 1. The molecule has 1 aromatic rings. The van der Waals surface area contributed by atoms with Crippen molar-refractivity contribution in [2.45, 2.75) is 32.2 Å². The van der Waals surface area contributed by atoms with Crippen LogP contribution in [0.5, 0.6) is 0 Å². The van der Waals surface area contributed by atoms with Crippen molar-refractivity contribution in [1.82, 2.24) is 0 Å². The zero-order valence-electron chi connectivity index (χ0n) is 12.6. The van der Waals surface area contributed by atoms with Gasteiger partial charge in [0.1, 0.15) is 0 Å². The summed E-state index contributed by atoms with van der Waals surface area (Å²) in [6, 6.07) is 4.48. The number of nitrogens with two attached hydrogens (primary N) is 1. The number of carbonyl (C=O) groups excluding carboxylic acids is 1. The van der Waals surface area contributed by atoms with Crippen LogP contribution in [0.3, 0.4) is 0 Å². The smallest absolute Gasteiger partial charge is 0.340 e. The van der Waals surface area contributed by atoms with Crippen LogP contribution in [0.1, 0.15) is 35.2 Å². The van der Waals surface area contributed by atoms with E-state index in [1.807, 2.05) is 19.1 Å². The molecule has 0 saturated heterocycles. The van der Waals surface area contributed by atoms with E-state index in [1.54, 1.807) is 0 Å². The number of anilines is 2. The van der Waals surface area contributed by atoms with Crippen LogP contribution >= 0.6 is 0 Å². The van der Waals surface area contributed by atoms with E-state index in [-0.39, 0.29) is 5.97 Å². The largest absolute Gasteiger partial charge is 0.465 e. The summed E-state index contributed by atoms with van der Waals surface area (Å²) >= 11 is 0. The number of carbonyl (C=O) groups is 1. The molecule has 3 N–H and O–H groups in total. The maximum absolute atomic E-state index is 11.8. The van der Waals surface area contributed by atoms with Gasteiger partial charge in [0, 0.05) is 17.4 Å². The fraction of sp³-hybridized carbons (Fsp3) is 0.588. The molecule has 3 aliphatic rings. The van der Waals surface area contributed by atoms with E-state index < -0.39 is 0 Å². The van der Waals surface area contributed by atoms with Gasteiger partial charge < -0.3 is 15.8 Å². The van der Waals surface area contributed by atoms with Gasteiger partial charge in [-0.2, -0.15) is 0 Å². The van der Waals surface area contributed by atoms with Gasteiger partial charge in [-0.05, 0) is 67.6 Å². The Kier molecular flexibility index (Phi) is 2.72. The van der Waals surface area contributed by atoms with E-state index in [1.165, 1.54) is 26.4 Å². The lowest BCUT2D eigenvalue weighted by atomic mass is 10.0. The maximum Gasteiger partial charge on any atom is 0.340 e. The van der Waals surface area contributed by atoms with Crippen LogP contribution < -0.4 is 11.1 Å². The molecule has 0 aliphatic heterocycles. The minimum Gasteiger partial charge on any atom is -0.465 e. The highest BCUT2D eigenvalue weighted by molar-refractivity contribution is 5.97. The van der Waals surface area contributed by atoms with Crippen LogP contribution in [0.25, 0.3) is 0 Å². The molecule has 3 fully saturated rings. The number of benzene rings is 1. The summed E-state index contributed by atoms with van der Waals surface area (Å²) < 4.78 is 4.82. The van der Waals surface area contributed by atoms with Gasteiger partial charge in [0.25, 0.3) is 0 Å². The van der Waals surface area contributed by atoms with Gasteiger partial charge in [-0.1, -0.05) is 0 Å². The lowest BCUT2D eigenvalue weighted by Gasteiger charge is -2.15. The third-order valence-corrected chi connectivity index (χ3v) is 5.86. The number of ether oxygens (including phenoxy) is 1. The fourth-order valence-electron chi connectivity index (χ4n) is 4.87. The second kappa shape index (κ2) is 4.39. The standard InChI is InChI=1S/C17H22N2O2/c1-8-5-11(7-12(15(8)18)17(20)21-2)19-16-13-9-3-4-10(6-9)14(13)16/h5,7,9-10,13-14,16,19H,3-4,6,18H2,1-2H3. The molecule has 0 amide bonds. The molecule has 0 spiro atoms. The van der Waals surface area contributed by atoms with Gasteiger partial charge in [0.05, 0.1) is 12.7 Å². The Morgan fingerprint density at radius 1 is 1.29 bits per heavy atom. The van der Waals surface area contributed by atoms with Crippen molar-refractivity contribution in [2.24, 2.45) is 23.7 Å². The summed E-state index contributed by atoms with van der Waals surface area (Å²) in [4.78, 5) is 11.8. The molecule has 2 bridgehead atoms. The fourth-order valence-corrected chi connectivity index (χ4v) is 4.87. The molecule has 112 valence electrons. The van der Waals surface area contributed by atoms with E-state index >= 15 is 0 Å². The lowest BCUT2D eigenvalue weighted by molar-refractivity contribution is 0.0602. The van der Waals surface area contributed by atoms with Crippen molar-refractivity contribution in [3.8, 4) is 0 Å². The zero-order valence-corrected chi connectivity index (χ0v) is 12.6. The third-order valence-electron chi connectivity index (χ3n) is 5.86. The van der Waals surface area contributed by atoms with E-state index in [9.17, 15) is 4.79 Å². The number of nitrogens with one attached hydrogen (secondary N) is 1. The molecule has 4 unspecified atom stereocenters. The summed E-state index contributed by atoms with van der Waals surface area (Å²) in [6.07, 6.45) is 4.28. The molecule has 0 aromatic heterocycles. The average molecular weight is 286 g/mol. The minimum atomic E-state index is -0.365. The molecule has 21 heavy (non-hydrogen) atoms. The number of nitrogen functional groups attached to an aromatic ring is 1. The van der Waals surface area contributed by atoms with Crippen molar-refractivity contribution >= 4 is 17.3 Å². The lowest BCUT2D eigenvalue weighted by Crippen LogP contribution is -2.14. The van der Waals surface area contributed by atoms with Crippen LogP contribution in [0.4, 0.5) is 11.4 Å². The van der Waals surface area contributed by atoms with Crippen molar-refractivity contribution in [3.63, 3.8) is 0 Å². The Hall–Kier alpha value is -1.71. The summed E-state index contributed by atoms with van der Waals surface area (Å²) in [5, 5.41) is 3.64. The van der Waals surface area contributed by atoms with Gasteiger partial charge in [-0.25, -0.2) is 4.79 Å². The van der Waals surface area contributed by atoms with E-state index in [0.717, 1.165) is 34.9 Å². The first-order valence-electron chi connectivity index (χ1n) is 7.85. The number of methoxy groups -OCH3 is 1. The van der Waals surface area contributed by atoms with Crippen molar-refractivity contribution < 1.29 is 9.53 Å². The topological polar surface area (TPSA) is 64.3 Å².